The van der Waals surface area contributed by atoms with Crippen LogP contribution >= 0.6 is 0 Å². The van der Waals surface area contributed by atoms with Crippen LogP contribution in [0, 0.1) is 5.92 Å². The van der Waals surface area contributed by atoms with Crippen LogP contribution in [-0.4, -0.2) is 5.78 Å². The number of unbranched alkanes of at least 4 members (excludes halogenated alkanes) is 3. The summed E-state index contributed by atoms with van der Waals surface area (Å²) < 4.78 is 28.0. The van der Waals surface area contributed by atoms with Gasteiger partial charge in [0.15, 0.2) is 0 Å². The van der Waals surface area contributed by atoms with Gasteiger partial charge in [-0.3, -0.25) is 4.79 Å². The molecule has 0 atom stereocenters. The fourth-order valence-corrected chi connectivity index (χ4v) is 4.31. The first-order valence-electron chi connectivity index (χ1n) is 9.77. The predicted octanol–water partition coefficient (Wildman–Crippen LogP) is 6.62. The van der Waals surface area contributed by atoms with Crippen molar-refractivity contribution in [3.8, 4) is 0 Å². The summed E-state index contributed by atoms with van der Waals surface area (Å²) in [4.78, 5) is 11.4. The van der Waals surface area contributed by atoms with E-state index in [1.54, 1.807) is 0 Å². The average molecular weight is 346 g/mol. The van der Waals surface area contributed by atoms with Gasteiger partial charge in [-0.2, -0.15) is 8.78 Å². The van der Waals surface area contributed by atoms with E-state index in [-0.39, 0.29) is 5.56 Å². The number of fused-ring (bicyclic) bond motifs is 1. The van der Waals surface area contributed by atoms with Crippen molar-refractivity contribution in [1.29, 1.82) is 0 Å². The zero-order chi connectivity index (χ0) is 17.9. The number of hydrogen-bond donors (Lipinski definition) is 0. The van der Waals surface area contributed by atoms with Crippen molar-refractivity contribution in [1.82, 2.24) is 0 Å². The molecule has 3 heteroatoms. The minimum atomic E-state index is -3.38. The summed E-state index contributed by atoms with van der Waals surface area (Å²) in [5.74, 6) is -3.18. The van der Waals surface area contributed by atoms with Crippen LogP contribution < -0.4 is 0 Å². The van der Waals surface area contributed by atoms with Crippen LogP contribution in [0.3, 0.4) is 0 Å². The highest BCUT2D eigenvalue weighted by atomic mass is 19.3. The Morgan fingerprint density at radius 1 is 1.04 bits per heavy atom. The molecular weight excluding hydrogens is 318 g/mol. The van der Waals surface area contributed by atoms with E-state index >= 15 is 0 Å². The molecule has 0 amide bonds. The van der Waals surface area contributed by atoms with Crippen LogP contribution in [0.2, 0.25) is 0 Å². The molecule has 1 saturated carbocycles. The number of carbonyl (C=O) groups is 1. The standard InChI is InChI=1S/C22H28F2O/c1-2-3-4-5-6-16-7-9-17(10-8-16)18-11-13-20-19(15-18)12-14-21(25)22(20,23)24/h11-17H,2-10H2,1H3. The van der Waals surface area contributed by atoms with Gasteiger partial charge in [0.25, 0.3) is 0 Å². The third-order valence-corrected chi connectivity index (χ3v) is 5.92. The van der Waals surface area contributed by atoms with Gasteiger partial charge in [-0.1, -0.05) is 63.3 Å². The highest BCUT2D eigenvalue weighted by molar-refractivity contribution is 6.02. The third-order valence-electron chi connectivity index (χ3n) is 5.92. The molecule has 1 aromatic carbocycles. The monoisotopic (exact) mass is 346 g/mol. The topological polar surface area (TPSA) is 17.1 Å². The molecule has 0 unspecified atom stereocenters. The van der Waals surface area contributed by atoms with Gasteiger partial charge >= 0.3 is 5.92 Å². The highest BCUT2D eigenvalue weighted by Crippen LogP contribution is 2.41. The van der Waals surface area contributed by atoms with E-state index in [0.717, 1.165) is 30.4 Å². The summed E-state index contributed by atoms with van der Waals surface area (Å²) in [6, 6.07) is 5.15. The van der Waals surface area contributed by atoms with Gasteiger partial charge < -0.3 is 0 Å². The quantitative estimate of drug-likeness (QED) is 0.529. The molecule has 1 aromatic rings. The van der Waals surface area contributed by atoms with Crippen molar-refractivity contribution >= 4 is 11.9 Å². The zero-order valence-electron chi connectivity index (χ0n) is 15.1. The second-order valence-corrected chi connectivity index (χ2v) is 7.69. The second-order valence-electron chi connectivity index (χ2n) is 7.69. The van der Waals surface area contributed by atoms with Crippen LogP contribution in [0.15, 0.2) is 24.3 Å². The fourth-order valence-electron chi connectivity index (χ4n) is 4.31. The summed E-state index contributed by atoms with van der Waals surface area (Å²) in [6.45, 7) is 2.24. The average Bonchev–Trinajstić information content (AvgIpc) is 2.62. The maximum atomic E-state index is 14.0. The zero-order valence-corrected chi connectivity index (χ0v) is 15.1. The third kappa shape index (κ3) is 4.02. The minimum Gasteiger partial charge on any atom is -0.288 e. The van der Waals surface area contributed by atoms with E-state index < -0.39 is 11.7 Å². The number of alkyl halides is 2. The van der Waals surface area contributed by atoms with E-state index in [1.807, 2.05) is 12.1 Å². The number of hydrogen-bond acceptors (Lipinski definition) is 1. The minimum absolute atomic E-state index is 0.145. The first-order valence-corrected chi connectivity index (χ1v) is 9.77. The number of carbonyl (C=O) groups excluding carboxylic acids is 1. The van der Waals surface area contributed by atoms with E-state index in [9.17, 15) is 13.6 Å². The van der Waals surface area contributed by atoms with E-state index in [0.29, 0.717) is 11.5 Å². The van der Waals surface area contributed by atoms with Gasteiger partial charge in [0.1, 0.15) is 0 Å². The van der Waals surface area contributed by atoms with Gasteiger partial charge in [0.2, 0.25) is 5.78 Å². The van der Waals surface area contributed by atoms with Crippen molar-refractivity contribution in [3.05, 3.63) is 41.0 Å². The van der Waals surface area contributed by atoms with Gasteiger partial charge in [-0.25, -0.2) is 0 Å². The van der Waals surface area contributed by atoms with Crippen molar-refractivity contribution in [3.63, 3.8) is 0 Å². The Hall–Kier alpha value is -1.51. The maximum Gasteiger partial charge on any atom is 0.334 e. The number of halogens is 2. The van der Waals surface area contributed by atoms with Gasteiger partial charge in [-0.15, -0.1) is 0 Å². The lowest BCUT2D eigenvalue weighted by atomic mass is 9.76. The lowest BCUT2D eigenvalue weighted by Crippen LogP contribution is -2.27. The van der Waals surface area contributed by atoms with Crippen LogP contribution in [-0.2, 0) is 10.7 Å². The van der Waals surface area contributed by atoms with Crippen LogP contribution in [0.1, 0.15) is 87.3 Å². The van der Waals surface area contributed by atoms with Gasteiger partial charge in [-0.05, 0) is 54.7 Å². The number of allylic oxidation sites excluding steroid dienone is 1. The first kappa shape index (κ1) is 18.3. The lowest BCUT2D eigenvalue weighted by Gasteiger charge is -2.30. The van der Waals surface area contributed by atoms with E-state index in [1.165, 1.54) is 57.1 Å². The molecule has 0 aliphatic heterocycles. The number of benzene rings is 1. The van der Waals surface area contributed by atoms with Crippen molar-refractivity contribution in [2.24, 2.45) is 5.92 Å². The first-order chi connectivity index (χ1) is 12.0. The normalized spacial score (nSPS) is 25.0. The summed E-state index contributed by atoms with van der Waals surface area (Å²) in [5.41, 5.74) is 1.51. The SMILES string of the molecule is CCCCCCC1CCC(c2ccc3c(c2)C=CC(=O)C3(F)F)CC1. The van der Waals surface area contributed by atoms with Crippen LogP contribution in [0.25, 0.3) is 6.08 Å². The Kier molecular flexibility index (Phi) is 5.71. The van der Waals surface area contributed by atoms with Gasteiger partial charge in [0.05, 0.1) is 0 Å². The second kappa shape index (κ2) is 7.80. The van der Waals surface area contributed by atoms with Crippen LogP contribution in [0.4, 0.5) is 8.78 Å². The molecule has 3 rings (SSSR count). The predicted molar refractivity (Wildman–Crippen MR) is 97.8 cm³/mol. The Morgan fingerprint density at radius 2 is 1.80 bits per heavy atom. The molecule has 2 aliphatic rings. The fraction of sp³-hybridized carbons (Fsp3) is 0.591. The number of rotatable bonds is 6. The molecule has 0 aromatic heterocycles. The Bertz CT molecular complexity index is 639. The Morgan fingerprint density at radius 3 is 2.52 bits per heavy atom. The molecule has 0 bridgehead atoms. The summed E-state index contributed by atoms with van der Waals surface area (Å²) in [5, 5.41) is 0. The summed E-state index contributed by atoms with van der Waals surface area (Å²) in [6.07, 6.45) is 14.0. The van der Waals surface area contributed by atoms with Crippen molar-refractivity contribution in [2.45, 2.75) is 76.6 Å². The molecule has 0 heterocycles. The molecule has 136 valence electrons. The Labute approximate surface area is 149 Å². The smallest absolute Gasteiger partial charge is 0.288 e. The number of ketones is 1. The van der Waals surface area contributed by atoms with Crippen LogP contribution in [0.5, 0.6) is 0 Å². The van der Waals surface area contributed by atoms with E-state index in [2.05, 4.69) is 6.92 Å². The molecule has 0 N–H and O–H groups in total. The molecular formula is C22H28F2O. The highest BCUT2D eigenvalue weighted by Gasteiger charge is 2.42. The summed E-state index contributed by atoms with van der Waals surface area (Å²) >= 11 is 0. The molecule has 0 saturated heterocycles. The molecule has 1 fully saturated rings. The molecule has 1 nitrogen and oxygen atoms in total. The largest absolute Gasteiger partial charge is 0.334 e. The maximum absolute atomic E-state index is 14.0. The van der Waals surface area contributed by atoms with Crippen molar-refractivity contribution in [2.75, 3.05) is 0 Å². The van der Waals surface area contributed by atoms with Crippen molar-refractivity contribution < 1.29 is 13.6 Å². The van der Waals surface area contributed by atoms with E-state index in [4.69, 9.17) is 0 Å². The Balaban J connectivity index is 1.60. The summed E-state index contributed by atoms with van der Waals surface area (Å²) in [7, 11) is 0. The molecule has 0 radical (unpaired) electrons. The molecule has 0 spiro atoms. The molecule has 25 heavy (non-hydrogen) atoms. The van der Waals surface area contributed by atoms with Gasteiger partial charge in [0, 0.05) is 5.56 Å². The lowest BCUT2D eigenvalue weighted by molar-refractivity contribution is -0.139. The molecule has 2 aliphatic carbocycles.